The molecule has 0 fully saturated rings. The summed E-state index contributed by atoms with van der Waals surface area (Å²) in [4.78, 5) is 25.8. The Labute approximate surface area is 143 Å². The van der Waals surface area contributed by atoms with Gasteiger partial charge in [-0.3, -0.25) is 4.98 Å². The first-order chi connectivity index (χ1) is 11.7. The van der Waals surface area contributed by atoms with Crippen LogP contribution in [0.4, 0.5) is 5.82 Å². The third-order valence-electron chi connectivity index (χ3n) is 4.31. The molecule has 1 aliphatic rings. The fourth-order valence-electron chi connectivity index (χ4n) is 3.14. The van der Waals surface area contributed by atoms with Crippen molar-refractivity contribution in [1.82, 2.24) is 15.0 Å². The van der Waals surface area contributed by atoms with E-state index in [0.29, 0.717) is 17.3 Å². The van der Waals surface area contributed by atoms with Crippen LogP contribution in [0.5, 0.6) is 0 Å². The largest absolute Gasteiger partial charge is 0.465 e. The van der Waals surface area contributed by atoms with Gasteiger partial charge in [0, 0.05) is 41.7 Å². The molecule has 0 amide bonds. The highest BCUT2D eigenvalue weighted by Crippen LogP contribution is 2.30. The Hall–Kier alpha value is -2.60. The number of aromatic amines is 1. The number of halogens is 1. The number of fused-ring (bicyclic) bond motifs is 3. The van der Waals surface area contributed by atoms with Crippen LogP contribution in [0.1, 0.15) is 21.6 Å². The summed E-state index contributed by atoms with van der Waals surface area (Å²) in [6, 6.07) is 5.57. The molecule has 4 rings (SSSR count). The predicted molar refractivity (Wildman–Crippen MR) is 91.4 cm³/mol. The number of nitrogens with zero attached hydrogens (tertiary/aromatic N) is 3. The number of benzene rings is 1. The third-order valence-corrected chi connectivity index (χ3v) is 4.49. The molecule has 2 aromatic heterocycles. The number of carbonyl (C=O) groups excluding carboxylic acids is 1. The molecule has 0 radical (unpaired) electrons. The highest BCUT2D eigenvalue weighted by molar-refractivity contribution is 6.29. The molecule has 1 aliphatic heterocycles. The van der Waals surface area contributed by atoms with Crippen molar-refractivity contribution in [2.45, 2.75) is 13.0 Å². The second-order valence-corrected chi connectivity index (χ2v) is 6.09. The number of esters is 1. The van der Waals surface area contributed by atoms with Gasteiger partial charge >= 0.3 is 5.97 Å². The van der Waals surface area contributed by atoms with Gasteiger partial charge in [0.25, 0.3) is 0 Å². The minimum Gasteiger partial charge on any atom is -0.465 e. The lowest BCUT2D eigenvalue weighted by Crippen LogP contribution is -2.30. The zero-order valence-corrected chi connectivity index (χ0v) is 13.8. The molecule has 122 valence electrons. The first kappa shape index (κ1) is 15.0. The Balaban J connectivity index is 1.75. The van der Waals surface area contributed by atoms with Gasteiger partial charge < -0.3 is 14.6 Å². The van der Waals surface area contributed by atoms with E-state index >= 15 is 0 Å². The molecule has 0 atom stereocenters. The highest BCUT2D eigenvalue weighted by Gasteiger charge is 2.22. The maximum atomic E-state index is 11.8. The molecule has 3 aromatic rings. The van der Waals surface area contributed by atoms with Gasteiger partial charge in [0.15, 0.2) is 0 Å². The molecule has 0 saturated heterocycles. The van der Waals surface area contributed by atoms with E-state index in [1.54, 1.807) is 12.3 Å². The Morgan fingerprint density at radius 3 is 3.04 bits per heavy atom. The van der Waals surface area contributed by atoms with E-state index in [1.807, 2.05) is 12.1 Å². The lowest BCUT2D eigenvalue weighted by molar-refractivity contribution is 0.0601. The second kappa shape index (κ2) is 5.79. The van der Waals surface area contributed by atoms with Gasteiger partial charge in [-0.25, -0.2) is 9.78 Å². The summed E-state index contributed by atoms with van der Waals surface area (Å²) in [5, 5.41) is 1.41. The number of methoxy groups -OCH3 is 1. The van der Waals surface area contributed by atoms with Gasteiger partial charge in [0.05, 0.1) is 25.1 Å². The Kier molecular flexibility index (Phi) is 3.61. The van der Waals surface area contributed by atoms with Gasteiger partial charge in [-0.15, -0.1) is 0 Å². The summed E-state index contributed by atoms with van der Waals surface area (Å²) in [5.41, 5.74) is 3.93. The van der Waals surface area contributed by atoms with E-state index in [-0.39, 0.29) is 5.97 Å². The number of nitrogens with one attached hydrogen (secondary N) is 1. The first-order valence-corrected chi connectivity index (χ1v) is 7.98. The van der Waals surface area contributed by atoms with Crippen molar-refractivity contribution in [2.24, 2.45) is 0 Å². The lowest BCUT2D eigenvalue weighted by Gasteiger charge is -2.28. The number of carbonyl (C=O) groups is 1. The molecule has 0 saturated carbocycles. The summed E-state index contributed by atoms with van der Waals surface area (Å²) in [6.07, 6.45) is 4.10. The number of rotatable bonds is 2. The first-order valence-electron chi connectivity index (χ1n) is 7.60. The molecular weight excluding hydrogens is 328 g/mol. The normalized spacial score (nSPS) is 13.8. The smallest absolute Gasteiger partial charge is 0.337 e. The SMILES string of the molecule is COC(=O)c1ccc2[nH]c3c(c2c1)CN(c1cncc(Cl)n1)CC3. The van der Waals surface area contributed by atoms with Crippen LogP contribution in [0.3, 0.4) is 0 Å². The molecule has 6 nitrogen and oxygen atoms in total. The number of anilines is 1. The van der Waals surface area contributed by atoms with Crippen molar-refractivity contribution in [1.29, 1.82) is 0 Å². The molecular formula is C17H15ClN4O2. The van der Waals surface area contributed by atoms with Gasteiger partial charge in [0.1, 0.15) is 11.0 Å². The van der Waals surface area contributed by atoms with Gasteiger partial charge in [0.2, 0.25) is 0 Å². The molecule has 1 N–H and O–H groups in total. The summed E-state index contributed by atoms with van der Waals surface area (Å²) in [6.45, 7) is 1.52. The molecule has 3 heterocycles. The minimum atomic E-state index is -0.333. The average Bonchev–Trinajstić information content (AvgIpc) is 2.98. The summed E-state index contributed by atoms with van der Waals surface area (Å²) >= 11 is 5.95. The quantitative estimate of drug-likeness (QED) is 0.725. The average molecular weight is 343 g/mol. The molecule has 0 spiro atoms. The third kappa shape index (κ3) is 2.49. The number of hydrogen-bond acceptors (Lipinski definition) is 5. The maximum Gasteiger partial charge on any atom is 0.337 e. The van der Waals surface area contributed by atoms with Crippen LogP contribution in [0, 0.1) is 0 Å². The van der Waals surface area contributed by atoms with E-state index in [1.165, 1.54) is 24.6 Å². The fourth-order valence-corrected chi connectivity index (χ4v) is 3.28. The van der Waals surface area contributed by atoms with Crippen LogP contribution in [0.2, 0.25) is 5.15 Å². The monoisotopic (exact) mass is 342 g/mol. The maximum absolute atomic E-state index is 11.8. The van der Waals surface area contributed by atoms with E-state index in [4.69, 9.17) is 16.3 Å². The Morgan fingerprint density at radius 1 is 1.38 bits per heavy atom. The van der Waals surface area contributed by atoms with Crippen molar-refractivity contribution in [3.05, 3.63) is 52.6 Å². The van der Waals surface area contributed by atoms with Crippen molar-refractivity contribution in [2.75, 3.05) is 18.6 Å². The van der Waals surface area contributed by atoms with Crippen LogP contribution < -0.4 is 4.90 Å². The van der Waals surface area contributed by atoms with Gasteiger partial charge in [-0.05, 0) is 18.2 Å². The van der Waals surface area contributed by atoms with Crippen LogP contribution in [0.15, 0.2) is 30.6 Å². The van der Waals surface area contributed by atoms with Crippen molar-refractivity contribution in [3.8, 4) is 0 Å². The number of hydrogen-bond donors (Lipinski definition) is 1. The molecule has 24 heavy (non-hydrogen) atoms. The van der Waals surface area contributed by atoms with Crippen LogP contribution in [-0.4, -0.2) is 34.6 Å². The highest BCUT2D eigenvalue weighted by atomic mass is 35.5. The topological polar surface area (TPSA) is 71.1 Å². The molecule has 7 heteroatoms. The van der Waals surface area contributed by atoms with Crippen LogP contribution >= 0.6 is 11.6 Å². The summed E-state index contributed by atoms with van der Waals surface area (Å²) < 4.78 is 4.82. The van der Waals surface area contributed by atoms with E-state index < -0.39 is 0 Å². The molecule has 1 aromatic carbocycles. The van der Waals surface area contributed by atoms with Gasteiger partial charge in [-0.1, -0.05) is 11.6 Å². The summed E-state index contributed by atoms with van der Waals surface area (Å²) in [5.74, 6) is 0.423. The number of ether oxygens (including phenoxy) is 1. The predicted octanol–water partition coefficient (Wildman–Crippen LogP) is 2.96. The standard InChI is InChI=1S/C17H15ClN4O2/c1-24-17(23)10-2-3-13-11(6-10)12-9-22(5-4-14(12)20-13)16-8-19-7-15(18)21-16/h2-3,6-8,20H,4-5,9H2,1H3. The minimum absolute atomic E-state index is 0.333. The Morgan fingerprint density at radius 2 is 2.25 bits per heavy atom. The van der Waals surface area contributed by atoms with E-state index in [0.717, 1.165) is 29.7 Å². The fraction of sp³-hybridized carbons (Fsp3) is 0.235. The van der Waals surface area contributed by atoms with Crippen LogP contribution in [0.25, 0.3) is 10.9 Å². The molecule has 0 bridgehead atoms. The van der Waals surface area contributed by atoms with Crippen molar-refractivity contribution >= 4 is 34.3 Å². The molecule has 0 unspecified atom stereocenters. The van der Waals surface area contributed by atoms with Gasteiger partial charge in [-0.2, -0.15) is 0 Å². The van der Waals surface area contributed by atoms with E-state index in [9.17, 15) is 4.79 Å². The zero-order valence-electron chi connectivity index (χ0n) is 13.0. The summed E-state index contributed by atoms with van der Waals surface area (Å²) in [7, 11) is 1.39. The number of aromatic nitrogens is 3. The van der Waals surface area contributed by atoms with Crippen LogP contribution in [-0.2, 0) is 17.7 Å². The van der Waals surface area contributed by atoms with Crippen molar-refractivity contribution < 1.29 is 9.53 Å². The Bertz CT molecular complexity index is 937. The second-order valence-electron chi connectivity index (χ2n) is 5.71. The molecule has 0 aliphatic carbocycles. The van der Waals surface area contributed by atoms with E-state index in [2.05, 4.69) is 19.9 Å². The number of H-pyrrole nitrogens is 1. The van der Waals surface area contributed by atoms with Crippen molar-refractivity contribution in [3.63, 3.8) is 0 Å². The zero-order chi connectivity index (χ0) is 16.7. The lowest BCUT2D eigenvalue weighted by atomic mass is 10.0.